The zero-order chi connectivity index (χ0) is 11.1. The van der Waals surface area contributed by atoms with Crippen LogP contribution in [0.1, 0.15) is 33.1 Å². The van der Waals surface area contributed by atoms with Crippen molar-refractivity contribution in [1.82, 2.24) is 4.90 Å². The Morgan fingerprint density at radius 1 is 1.40 bits per heavy atom. The van der Waals surface area contributed by atoms with Crippen molar-refractivity contribution in [2.24, 2.45) is 16.6 Å². The highest BCUT2D eigenvalue weighted by atomic mass is 15.2. The maximum Gasteiger partial charge on any atom is 0.191 e. The summed E-state index contributed by atoms with van der Waals surface area (Å²) < 4.78 is 0. The van der Waals surface area contributed by atoms with Gasteiger partial charge in [0.05, 0.1) is 0 Å². The molecule has 0 bridgehead atoms. The highest BCUT2D eigenvalue weighted by molar-refractivity contribution is 5.77. The minimum atomic E-state index is 0.698. The van der Waals surface area contributed by atoms with E-state index in [2.05, 4.69) is 35.9 Å². The second-order valence-electron chi connectivity index (χ2n) is 4.02. The van der Waals surface area contributed by atoms with Crippen LogP contribution >= 0.6 is 0 Å². The zero-order valence-electron chi connectivity index (χ0n) is 9.95. The fraction of sp³-hybridized carbons (Fsp3) is 0.750. The molecule has 15 heavy (non-hydrogen) atoms. The lowest BCUT2D eigenvalue weighted by Crippen LogP contribution is -2.37. The molecule has 3 heteroatoms. The van der Waals surface area contributed by atoms with Gasteiger partial charge < -0.3 is 10.6 Å². The van der Waals surface area contributed by atoms with E-state index in [9.17, 15) is 0 Å². The first-order chi connectivity index (χ1) is 7.27. The number of allylic oxidation sites excluding steroid dienone is 2. The SMILES string of the molecule is CCN(CC)C(N)=NCC1CC=CCC1. The topological polar surface area (TPSA) is 41.6 Å². The molecule has 86 valence electrons. The van der Waals surface area contributed by atoms with Gasteiger partial charge in [-0.05, 0) is 39.0 Å². The lowest BCUT2D eigenvalue weighted by molar-refractivity contribution is 0.447. The van der Waals surface area contributed by atoms with Crippen molar-refractivity contribution in [3.05, 3.63) is 12.2 Å². The van der Waals surface area contributed by atoms with Crippen molar-refractivity contribution in [3.63, 3.8) is 0 Å². The van der Waals surface area contributed by atoms with Crippen molar-refractivity contribution in [3.8, 4) is 0 Å². The fourth-order valence-corrected chi connectivity index (χ4v) is 1.89. The Kier molecular flexibility index (Phi) is 5.22. The first kappa shape index (κ1) is 12.1. The Hall–Kier alpha value is -0.990. The van der Waals surface area contributed by atoms with Gasteiger partial charge in [-0.2, -0.15) is 0 Å². The normalized spacial score (nSPS) is 21.7. The first-order valence-corrected chi connectivity index (χ1v) is 5.97. The molecule has 1 rings (SSSR count). The fourth-order valence-electron chi connectivity index (χ4n) is 1.89. The van der Waals surface area contributed by atoms with Crippen LogP contribution in [-0.4, -0.2) is 30.5 Å². The van der Waals surface area contributed by atoms with Gasteiger partial charge in [-0.25, -0.2) is 0 Å². The molecule has 3 nitrogen and oxygen atoms in total. The molecule has 0 aromatic carbocycles. The summed E-state index contributed by atoms with van der Waals surface area (Å²) in [6.07, 6.45) is 8.14. The molecule has 0 amide bonds. The van der Waals surface area contributed by atoms with E-state index in [-0.39, 0.29) is 0 Å². The van der Waals surface area contributed by atoms with Crippen LogP contribution in [0, 0.1) is 5.92 Å². The molecule has 1 aliphatic carbocycles. The van der Waals surface area contributed by atoms with E-state index in [1.165, 1.54) is 12.8 Å². The minimum Gasteiger partial charge on any atom is -0.370 e. The van der Waals surface area contributed by atoms with E-state index in [1.54, 1.807) is 0 Å². The van der Waals surface area contributed by atoms with Gasteiger partial charge in [0.15, 0.2) is 5.96 Å². The molecule has 0 saturated carbocycles. The van der Waals surface area contributed by atoms with Gasteiger partial charge in [0.2, 0.25) is 0 Å². The minimum absolute atomic E-state index is 0.698. The number of nitrogens with two attached hydrogens (primary N) is 1. The number of hydrogen-bond donors (Lipinski definition) is 1. The van der Waals surface area contributed by atoms with Gasteiger partial charge in [-0.15, -0.1) is 0 Å². The number of hydrogen-bond acceptors (Lipinski definition) is 1. The lowest BCUT2D eigenvalue weighted by Gasteiger charge is -2.21. The number of aliphatic imine (C=N–C) groups is 1. The third kappa shape index (κ3) is 3.94. The zero-order valence-corrected chi connectivity index (χ0v) is 9.95. The van der Waals surface area contributed by atoms with Crippen LogP contribution < -0.4 is 5.73 Å². The van der Waals surface area contributed by atoms with E-state index in [4.69, 9.17) is 5.73 Å². The van der Waals surface area contributed by atoms with Crippen LogP contribution in [0.3, 0.4) is 0 Å². The summed E-state index contributed by atoms with van der Waals surface area (Å²) in [6.45, 7) is 6.98. The van der Waals surface area contributed by atoms with Crippen molar-refractivity contribution >= 4 is 5.96 Å². The average Bonchev–Trinajstić information content (AvgIpc) is 2.29. The summed E-state index contributed by atoms with van der Waals surface area (Å²) >= 11 is 0. The highest BCUT2D eigenvalue weighted by Gasteiger charge is 2.09. The summed E-state index contributed by atoms with van der Waals surface area (Å²) in [7, 11) is 0. The van der Waals surface area contributed by atoms with Crippen LogP contribution in [0.15, 0.2) is 17.1 Å². The van der Waals surface area contributed by atoms with E-state index in [1.807, 2.05) is 0 Å². The number of guanidine groups is 1. The molecular weight excluding hydrogens is 186 g/mol. The van der Waals surface area contributed by atoms with E-state index < -0.39 is 0 Å². The molecule has 1 aliphatic rings. The van der Waals surface area contributed by atoms with Crippen LogP contribution in [0.25, 0.3) is 0 Å². The van der Waals surface area contributed by atoms with Crippen LogP contribution in [0.2, 0.25) is 0 Å². The summed E-state index contributed by atoms with van der Waals surface area (Å²) in [5, 5.41) is 0. The monoisotopic (exact) mass is 209 g/mol. The Balaban J connectivity index is 2.38. The standard InChI is InChI=1S/C12H23N3/c1-3-15(4-2)12(13)14-10-11-8-6-5-7-9-11/h5-6,11H,3-4,7-10H2,1-2H3,(H2,13,14). The van der Waals surface area contributed by atoms with Crippen LogP contribution in [0.4, 0.5) is 0 Å². The molecular formula is C12H23N3. The predicted molar refractivity (Wildman–Crippen MR) is 65.9 cm³/mol. The van der Waals surface area contributed by atoms with E-state index in [0.29, 0.717) is 11.9 Å². The molecule has 1 atom stereocenters. The van der Waals surface area contributed by atoms with Crippen molar-refractivity contribution < 1.29 is 0 Å². The third-order valence-electron chi connectivity index (χ3n) is 2.98. The van der Waals surface area contributed by atoms with Gasteiger partial charge in [-0.3, -0.25) is 4.99 Å². The quantitative estimate of drug-likeness (QED) is 0.437. The third-order valence-corrected chi connectivity index (χ3v) is 2.98. The Morgan fingerprint density at radius 3 is 2.67 bits per heavy atom. The maximum absolute atomic E-state index is 5.91. The summed E-state index contributed by atoms with van der Waals surface area (Å²) in [5.41, 5.74) is 5.91. The Morgan fingerprint density at radius 2 is 2.13 bits per heavy atom. The van der Waals surface area contributed by atoms with E-state index >= 15 is 0 Å². The molecule has 2 N–H and O–H groups in total. The molecule has 0 radical (unpaired) electrons. The lowest BCUT2D eigenvalue weighted by atomic mass is 9.95. The highest BCUT2D eigenvalue weighted by Crippen LogP contribution is 2.18. The molecule has 1 unspecified atom stereocenters. The number of nitrogens with zero attached hydrogens (tertiary/aromatic N) is 2. The molecule has 0 aliphatic heterocycles. The smallest absolute Gasteiger partial charge is 0.191 e. The second-order valence-corrected chi connectivity index (χ2v) is 4.02. The van der Waals surface area contributed by atoms with Crippen molar-refractivity contribution in [1.29, 1.82) is 0 Å². The van der Waals surface area contributed by atoms with Crippen LogP contribution in [-0.2, 0) is 0 Å². The van der Waals surface area contributed by atoms with Crippen molar-refractivity contribution in [2.45, 2.75) is 33.1 Å². The Bertz CT molecular complexity index is 229. The maximum atomic E-state index is 5.91. The second kappa shape index (κ2) is 6.49. The predicted octanol–water partition coefficient (Wildman–Crippen LogP) is 2.00. The van der Waals surface area contributed by atoms with Gasteiger partial charge >= 0.3 is 0 Å². The summed E-state index contributed by atoms with van der Waals surface area (Å²) in [6, 6.07) is 0. The average molecular weight is 209 g/mol. The van der Waals surface area contributed by atoms with Gasteiger partial charge in [-0.1, -0.05) is 12.2 Å². The van der Waals surface area contributed by atoms with Gasteiger partial charge in [0, 0.05) is 19.6 Å². The van der Waals surface area contributed by atoms with E-state index in [0.717, 1.165) is 26.1 Å². The van der Waals surface area contributed by atoms with Crippen LogP contribution in [0.5, 0.6) is 0 Å². The molecule has 0 saturated heterocycles. The summed E-state index contributed by atoms with van der Waals surface area (Å²) in [4.78, 5) is 6.57. The van der Waals surface area contributed by atoms with Gasteiger partial charge in [0.1, 0.15) is 0 Å². The first-order valence-electron chi connectivity index (χ1n) is 5.97. The molecule has 0 aromatic rings. The number of rotatable bonds is 4. The van der Waals surface area contributed by atoms with Crippen molar-refractivity contribution in [2.75, 3.05) is 19.6 Å². The van der Waals surface area contributed by atoms with Gasteiger partial charge in [0.25, 0.3) is 0 Å². The molecule has 0 fully saturated rings. The largest absolute Gasteiger partial charge is 0.370 e. The molecule has 0 heterocycles. The Labute approximate surface area is 93.1 Å². The molecule has 0 spiro atoms. The summed E-state index contributed by atoms with van der Waals surface area (Å²) in [5.74, 6) is 1.40. The molecule has 0 aromatic heterocycles.